The predicted molar refractivity (Wildman–Crippen MR) is 141 cm³/mol. The van der Waals surface area contributed by atoms with Crippen LogP contribution in [-0.4, -0.2) is 35.6 Å². The molecule has 0 aliphatic carbocycles. The minimum absolute atomic E-state index is 0.141. The van der Waals surface area contributed by atoms with E-state index in [1.54, 1.807) is 36.4 Å². The average Bonchev–Trinajstić information content (AvgIpc) is 3.12. The number of hydrogen-bond acceptors (Lipinski definition) is 6. The van der Waals surface area contributed by atoms with Gasteiger partial charge in [-0.2, -0.15) is 0 Å². The molecule has 0 spiro atoms. The van der Waals surface area contributed by atoms with Gasteiger partial charge >= 0.3 is 0 Å². The topological polar surface area (TPSA) is 84.9 Å². The standard InChI is InChI=1S/C27H22ClFN2O5S/c1-16-6-9-18(10-7-16)30-25(32)14-31-26(33)24(37-27(31)34)13-17-8-11-22(35-2)23(12-17)36-15-19-20(28)4-3-5-21(19)29/h3-13H,14-15H2,1-2H3,(H,30,32)/b24-13+. The first-order valence-corrected chi connectivity index (χ1v) is 12.3. The summed E-state index contributed by atoms with van der Waals surface area (Å²) in [6.07, 6.45) is 1.52. The zero-order valence-corrected chi connectivity index (χ0v) is 21.5. The first-order valence-electron chi connectivity index (χ1n) is 11.1. The molecule has 3 aromatic carbocycles. The van der Waals surface area contributed by atoms with Crippen molar-refractivity contribution in [1.29, 1.82) is 0 Å². The largest absolute Gasteiger partial charge is 0.493 e. The summed E-state index contributed by atoms with van der Waals surface area (Å²) < 4.78 is 25.2. The van der Waals surface area contributed by atoms with Crippen LogP contribution >= 0.6 is 23.4 Å². The van der Waals surface area contributed by atoms with E-state index in [4.69, 9.17) is 21.1 Å². The molecule has 3 amide bonds. The van der Waals surface area contributed by atoms with Gasteiger partial charge < -0.3 is 14.8 Å². The second-order valence-electron chi connectivity index (χ2n) is 8.08. The fourth-order valence-electron chi connectivity index (χ4n) is 3.48. The highest BCUT2D eigenvalue weighted by Gasteiger charge is 2.36. The van der Waals surface area contributed by atoms with Gasteiger partial charge in [-0.3, -0.25) is 19.3 Å². The van der Waals surface area contributed by atoms with E-state index < -0.39 is 29.4 Å². The Morgan fingerprint density at radius 3 is 2.57 bits per heavy atom. The van der Waals surface area contributed by atoms with E-state index in [1.807, 2.05) is 19.1 Å². The number of aryl methyl sites for hydroxylation is 1. The van der Waals surface area contributed by atoms with Crippen LogP contribution in [0.3, 0.4) is 0 Å². The lowest BCUT2D eigenvalue weighted by Gasteiger charge is -2.13. The van der Waals surface area contributed by atoms with Crippen molar-refractivity contribution in [2.24, 2.45) is 0 Å². The van der Waals surface area contributed by atoms with E-state index in [2.05, 4.69) is 5.32 Å². The Bertz CT molecular complexity index is 1370. The zero-order chi connectivity index (χ0) is 26.5. The number of ether oxygens (including phenoxy) is 2. The van der Waals surface area contributed by atoms with Crippen LogP contribution in [0.2, 0.25) is 5.02 Å². The molecule has 3 aromatic rings. The molecular weight excluding hydrogens is 519 g/mol. The first-order chi connectivity index (χ1) is 17.7. The molecule has 1 saturated heterocycles. The van der Waals surface area contributed by atoms with Crippen LogP contribution in [0.5, 0.6) is 11.5 Å². The van der Waals surface area contributed by atoms with Crippen molar-refractivity contribution in [3.8, 4) is 11.5 Å². The number of halogens is 2. The van der Waals surface area contributed by atoms with Crippen molar-refractivity contribution in [3.05, 3.63) is 93.1 Å². The van der Waals surface area contributed by atoms with Gasteiger partial charge in [0, 0.05) is 11.3 Å². The second-order valence-corrected chi connectivity index (χ2v) is 9.48. The molecule has 10 heteroatoms. The number of methoxy groups -OCH3 is 1. The van der Waals surface area contributed by atoms with E-state index in [9.17, 15) is 18.8 Å². The Morgan fingerprint density at radius 2 is 1.86 bits per heavy atom. The van der Waals surface area contributed by atoms with Gasteiger partial charge in [-0.25, -0.2) is 4.39 Å². The van der Waals surface area contributed by atoms with Crippen LogP contribution in [-0.2, 0) is 16.2 Å². The summed E-state index contributed by atoms with van der Waals surface area (Å²) in [5.41, 5.74) is 2.35. The molecule has 0 aromatic heterocycles. The normalized spacial score (nSPS) is 14.3. The fraction of sp³-hybridized carbons (Fsp3) is 0.148. The van der Waals surface area contributed by atoms with Crippen LogP contribution in [0.1, 0.15) is 16.7 Å². The molecule has 1 aliphatic heterocycles. The van der Waals surface area contributed by atoms with Crippen LogP contribution in [0.4, 0.5) is 14.9 Å². The number of imide groups is 1. The quantitative estimate of drug-likeness (QED) is 0.350. The summed E-state index contributed by atoms with van der Waals surface area (Å²) >= 11 is 6.82. The smallest absolute Gasteiger partial charge is 0.294 e. The van der Waals surface area contributed by atoms with Gasteiger partial charge in [0.15, 0.2) is 11.5 Å². The highest BCUT2D eigenvalue weighted by atomic mass is 35.5. The lowest BCUT2D eigenvalue weighted by molar-refractivity contribution is -0.127. The van der Waals surface area contributed by atoms with Gasteiger partial charge in [0.25, 0.3) is 11.1 Å². The molecule has 1 N–H and O–H groups in total. The molecule has 190 valence electrons. The van der Waals surface area contributed by atoms with Crippen LogP contribution in [0.25, 0.3) is 6.08 Å². The SMILES string of the molecule is COc1ccc(/C=C2/SC(=O)N(CC(=O)Nc3ccc(C)cc3)C2=O)cc1OCc1c(F)cccc1Cl. The first kappa shape index (κ1) is 26.2. The van der Waals surface area contributed by atoms with Crippen molar-refractivity contribution in [2.75, 3.05) is 19.0 Å². The summed E-state index contributed by atoms with van der Waals surface area (Å²) in [5, 5.41) is 2.36. The van der Waals surface area contributed by atoms with E-state index >= 15 is 0 Å². The molecule has 0 unspecified atom stereocenters. The third kappa shape index (κ3) is 6.31. The number of amides is 3. The number of carbonyl (C=O) groups excluding carboxylic acids is 3. The van der Waals surface area contributed by atoms with E-state index in [-0.39, 0.29) is 22.1 Å². The molecule has 7 nitrogen and oxygen atoms in total. The zero-order valence-electron chi connectivity index (χ0n) is 19.9. The third-order valence-corrected chi connectivity index (χ3v) is 6.69. The Kier molecular flexibility index (Phi) is 8.15. The fourth-order valence-corrected chi connectivity index (χ4v) is 4.54. The number of thioether (sulfide) groups is 1. The average molecular weight is 541 g/mol. The molecule has 1 aliphatic rings. The lowest BCUT2D eigenvalue weighted by Crippen LogP contribution is -2.36. The number of carbonyl (C=O) groups is 3. The van der Waals surface area contributed by atoms with Gasteiger partial charge in [-0.1, -0.05) is 41.4 Å². The molecule has 37 heavy (non-hydrogen) atoms. The van der Waals surface area contributed by atoms with E-state index in [1.165, 1.54) is 25.3 Å². The van der Waals surface area contributed by atoms with Crippen LogP contribution in [0.15, 0.2) is 65.6 Å². The Balaban J connectivity index is 1.47. The number of benzene rings is 3. The highest BCUT2D eigenvalue weighted by Crippen LogP contribution is 2.35. The minimum Gasteiger partial charge on any atom is -0.493 e. The molecule has 4 rings (SSSR count). The van der Waals surface area contributed by atoms with Gasteiger partial charge in [0.2, 0.25) is 5.91 Å². The number of nitrogens with zero attached hydrogens (tertiary/aromatic N) is 1. The van der Waals surface area contributed by atoms with Crippen LogP contribution in [0, 0.1) is 12.7 Å². The number of rotatable bonds is 8. The lowest BCUT2D eigenvalue weighted by atomic mass is 10.1. The molecule has 0 atom stereocenters. The molecular formula is C27H22ClFN2O5S. The number of anilines is 1. The monoisotopic (exact) mass is 540 g/mol. The van der Waals surface area contributed by atoms with Crippen molar-refractivity contribution in [2.45, 2.75) is 13.5 Å². The molecule has 1 heterocycles. The van der Waals surface area contributed by atoms with Gasteiger partial charge in [-0.05, 0) is 66.7 Å². The number of nitrogens with one attached hydrogen (secondary N) is 1. The minimum atomic E-state index is -0.578. The predicted octanol–water partition coefficient (Wildman–Crippen LogP) is 6.05. The van der Waals surface area contributed by atoms with Crippen molar-refractivity contribution in [3.63, 3.8) is 0 Å². The summed E-state index contributed by atoms with van der Waals surface area (Å²) in [5.74, 6) is -0.870. The van der Waals surface area contributed by atoms with Crippen molar-refractivity contribution < 1.29 is 28.2 Å². The van der Waals surface area contributed by atoms with Crippen molar-refractivity contribution in [1.82, 2.24) is 4.90 Å². The molecule has 1 fully saturated rings. The maximum absolute atomic E-state index is 14.1. The van der Waals surface area contributed by atoms with E-state index in [0.717, 1.165) is 22.2 Å². The highest BCUT2D eigenvalue weighted by molar-refractivity contribution is 8.18. The van der Waals surface area contributed by atoms with Gasteiger partial charge in [0.1, 0.15) is 19.0 Å². The van der Waals surface area contributed by atoms with Crippen molar-refractivity contribution >= 4 is 52.2 Å². The van der Waals surface area contributed by atoms with Crippen LogP contribution < -0.4 is 14.8 Å². The molecule has 0 radical (unpaired) electrons. The third-order valence-electron chi connectivity index (χ3n) is 5.43. The van der Waals surface area contributed by atoms with E-state index in [0.29, 0.717) is 22.7 Å². The summed E-state index contributed by atoms with van der Waals surface area (Å²) in [6, 6.07) is 16.4. The number of hydrogen-bond donors (Lipinski definition) is 1. The van der Waals surface area contributed by atoms with Gasteiger partial charge in [0.05, 0.1) is 17.0 Å². The maximum Gasteiger partial charge on any atom is 0.294 e. The maximum atomic E-state index is 14.1. The second kappa shape index (κ2) is 11.5. The Hall–Kier alpha value is -3.82. The Morgan fingerprint density at radius 1 is 1.11 bits per heavy atom. The summed E-state index contributed by atoms with van der Waals surface area (Å²) in [4.78, 5) is 38.8. The summed E-state index contributed by atoms with van der Waals surface area (Å²) in [6.45, 7) is 1.38. The molecule has 0 saturated carbocycles. The summed E-state index contributed by atoms with van der Waals surface area (Å²) in [7, 11) is 1.46. The Labute approximate surface area is 222 Å². The van der Waals surface area contributed by atoms with Gasteiger partial charge in [-0.15, -0.1) is 0 Å². The molecule has 0 bridgehead atoms.